The quantitative estimate of drug-likeness (QED) is 0.633. The Morgan fingerprint density at radius 3 is 2.70 bits per heavy atom. The van der Waals surface area contributed by atoms with Crippen molar-refractivity contribution in [2.75, 3.05) is 19.0 Å². The molecule has 8 heteroatoms. The van der Waals surface area contributed by atoms with Crippen LogP contribution in [-0.4, -0.2) is 42.0 Å². The maximum absolute atomic E-state index is 11.6. The number of carboxylic acids is 1. The lowest BCUT2D eigenvalue weighted by Crippen LogP contribution is -2.43. The third kappa shape index (κ3) is 4.60. The lowest BCUT2D eigenvalue weighted by molar-refractivity contribution is -0.139. The molecule has 0 aliphatic carbocycles. The number of ether oxygens (including phenoxy) is 1. The molecule has 2 amide bonds. The topological polar surface area (TPSA) is 108 Å². The molecule has 1 aromatic rings. The summed E-state index contributed by atoms with van der Waals surface area (Å²) in [5.41, 5.74) is 0.400. The first-order valence-corrected chi connectivity index (χ1v) is 6.10. The molecule has 0 bridgehead atoms. The number of anilines is 1. The van der Waals surface area contributed by atoms with E-state index in [1.807, 2.05) is 0 Å². The van der Waals surface area contributed by atoms with Gasteiger partial charge in [0.25, 0.3) is 0 Å². The minimum absolute atomic E-state index is 0.0767. The largest absolute Gasteiger partial charge is 0.495 e. The molecule has 0 heterocycles. The zero-order chi connectivity index (χ0) is 15.1. The Balaban J connectivity index is 2.68. The summed E-state index contributed by atoms with van der Waals surface area (Å²) in [6.45, 7) is -0.341. The number of carbonyl (C=O) groups is 2. The summed E-state index contributed by atoms with van der Waals surface area (Å²) >= 11 is 5.84. The number of methoxy groups -OCH3 is 1. The second-order valence-electron chi connectivity index (χ2n) is 3.85. The molecule has 0 saturated heterocycles. The molecule has 20 heavy (non-hydrogen) atoms. The number of aliphatic hydroxyl groups excluding tert-OH is 1. The number of carbonyl (C=O) groups excluding carboxylic acids is 1. The highest BCUT2D eigenvalue weighted by molar-refractivity contribution is 6.32. The van der Waals surface area contributed by atoms with E-state index < -0.39 is 18.0 Å². The maximum atomic E-state index is 11.6. The highest BCUT2D eigenvalue weighted by atomic mass is 35.5. The van der Waals surface area contributed by atoms with Crippen molar-refractivity contribution in [3.8, 4) is 5.75 Å². The van der Waals surface area contributed by atoms with Crippen molar-refractivity contribution in [2.45, 2.75) is 12.5 Å². The minimum Gasteiger partial charge on any atom is -0.495 e. The van der Waals surface area contributed by atoms with Gasteiger partial charge in [-0.3, -0.25) is 0 Å². The van der Waals surface area contributed by atoms with E-state index in [0.29, 0.717) is 16.5 Å². The molecular formula is C12H15ClN2O5. The minimum atomic E-state index is -1.22. The number of urea groups is 1. The van der Waals surface area contributed by atoms with Crippen LogP contribution in [0.25, 0.3) is 0 Å². The molecular weight excluding hydrogens is 288 g/mol. The molecule has 1 rings (SSSR count). The molecule has 0 saturated carbocycles. The lowest BCUT2D eigenvalue weighted by atomic mass is 10.2. The van der Waals surface area contributed by atoms with Crippen LogP contribution in [0.2, 0.25) is 5.02 Å². The van der Waals surface area contributed by atoms with Gasteiger partial charge in [0.2, 0.25) is 0 Å². The van der Waals surface area contributed by atoms with Crippen molar-refractivity contribution in [1.82, 2.24) is 5.32 Å². The van der Waals surface area contributed by atoms with Gasteiger partial charge in [-0.2, -0.15) is 0 Å². The van der Waals surface area contributed by atoms with Crippen molar-refractivity contribution in [3.05, 3.63) is 23.2 Å². The summed E-state index contributed by atoms with van der Waals surface area (Å²) in [6.07, 6.45) is -0.0767. The van der Waals surface area contributed by atoms with E-state index in [2.05, 4.69) is 10.6 Å². The van der Waals surface area contributed by atoms with Gasteiger partial charge in [0.05, 0.1) is 12.1 Å². The van der Waals surface area contributed by atoms with Crippen LogP contribution in [0, 0.1) is 0 Å². The second-order valence-corrected chi connectivity index (χ2v) is 4.26. The number of carboxylic acid groups (broad SMARTS) is 1. The first-order chi connectivity index (χ1) is 9.47. The van der Waals surface area contributed by atoms with Crippen molar-refractivity contribution >= 4 is 29.3 Å². The molecule has 0 spiro atoms. The van der Waals surface area contributed by atoms with Crippen molar-refractivity contribution < 1.29 is 24.5 Å². The molecule has 0 aliphatic rings. The van der Waals surface area contributed by atoms with Crippen molar-refractivity contribution in [3.63, 3.8) is 0 Å². The number of nitrogens with one attached hydrogen (secondary N) is 2. The molecule has 1 atom stereocenters. The van der Waals surface area contributed by atoms with Gasteiger partial charge in [0.1, 0.15) is 11.8 Å². The monoisotopic (exact) mass is 302 g/mol. The van der Waals surface area contributed by atoms with Crippen LogP contribution in [-0.2, 0) is 4.79 Å². The van der Waals surface area contributed by atoms with Gasteiger partial charge in [-0.1, -0.05) is 11.6 Å². The molecule has 0 radical (unpaired) electrons. The molecule has 4 N–H and O–H groups in total. The number of aliphatic hydroxyl groups is 1. The van der Waals surface area contributed by atoms with Crippen LogP contribution >= 0.6 is 11.6 Å². The molecule has 1 aromatic carbocycles. The van der Waals surface area contributed by atoms with E-state index >= 15 is 0 Å². The molecule has 0 aliphatic heterocycles. The van der Waals surface area contributed by atoms with E-state index in [4.69, 9.17) is 26.6 Å². The summed E-state index contributed by atoms with van der Waals surface area (Å²) in [5, 5.41) is 22.6. The Morgan fingerprint density at radius 1 is 1.45 bits per heavy atom. The molecule has 110 valence electrons. The smallest absolute Gasteiger partial charge is 0.326 e. The van der Waals surface area contributed by atoms with Gasteiger partial charge in [-0.15, -0.1) is 0 Å². The Bertz CT molecular complexity index is 495. The summed E-state index contributed by atoms with van der Waals surface area (Å²) in [4.78, 5) is 22.5. The lowest BCUT2D eigenvalue weighted by Gasteiger charge is -2.14. The average molecular weight is 303 g/mol. The van der Waals surface area contributed by atoms with Crippen molar-refractivity contribution in [2.24, 2.45) is 0 Å². The zero-order valence-electron chi connectivity index (χ0n) is 10.7. The van der Waals surface area contributed by atoms with Gasteiger partial charge in [-0.25, -0.2) is 9.59 Å². The van der Waals surface area contributed by atoms with Gasteiger partial charge in [-0.05, 0) is 12.1 Å². The summed E-state index contributed by atoms with van der Waals surface area (Å²) in [6, 6.07) is 2.73. The number of amides is 2. The van der Waals surface area contributed by atoms with E-state index in [1.165, 1.54) is 13.2 Å². The van der Waals surface area contributed by atoms with E-state index in [-0.39, 0.29) is 13.0 Å². The fourth-order valence-electron chi connectivity index (χ4n) is 1.45. The van der Waals surface area contributed by atoms with Gasteiger partial charge in [0.15, 0.2) is 0 Å². The predicted molar refractivity (Wildman–Crippen MR) is 73.3 cm³/mol. The van der Waals surface area contributed by atoms with Crippen LogP contribution in [0.3, 0.4) is 0 Å². The number of aliphatic carboxylic acids is 1. The van der Waals surface area contributed by atoms with Gasteiger partial charge < -0.3 is 25.6 Å². The van der Waals surface area contributed by atoms with E-state index in [0.717, 1.165) is 0 Å². The summed E-state index contributed by atoms with van der Waals surface area (Å²) in [5.74, 6) is -0.836. The van der Waals surface area contributed by atoms with E-state index in [1.54, 1.807) is 12.1 Å². The molecule has 0 unspecified atom stereocenters. The zero-order valence-corrected chi connectivity index (χ0v) is 11.5. The fourth-order valence-corrected chi connectivity index (χ4v) is 1.64. The maximum Gasteiger partial charge on any atom is 0.326 e. The molecule has 0 aromatic heterocycles. The first kappa shape index (κ1) is 16.1. The standard InChI is InChI=1S/C12H15ClN2O5/c1-20-10-6-7(2-3-8(10)13)14-12(19)15-9(4-5-16)11(17)18/h2-3,6,9,16H,4-5H2,1H3,(H,17,18)(H2,14,15,19)/t9-/m0/s1. The SMILES string of the molecule is COc1cc(NC(=O)N[C@@H](CCO)C(=O)O)ccc1Cl. The third-order valence-corrected chi connectivity index (χ3v) is 2.74. The number of halogens is 1. The Labute approximate surface area is 120 Å². The summed E-state index contributed by atoms with van der Waals surface area (Å²) < 4.78 is 4.99. The molecule has 7 nitrogen and oxygen atoms in total. The average Bonchev–Trinajstić information content (AvgIpc) is 2.40. The highest BCUT2D eigenvalue weighted by Gasteiger charge is 2.19. The Morgan fingerprint density at radius 2 is 2.15 bits per heavy atom. The molecule has 0 fully saturated rings. The van der Waals surface area contributed by atoms with Crippen molar-refractivity contribution in [1.29, 1.82) is 0 Å². The van der Waals surface area contributed by atoms with Crippen LogP contribution in [0.5, 0.6) is 5.75 Å². The number of hydrogen-bond donors (Lipinski definition) is 4. The predicted octanol–water partition coefficient (Wildman–Crippen LogP) is 1.31. The van der Waals surface area contributed by atoms with E-state index in [9.17, 15) is 9.59 Å². The number of hydrogen-bond acceptors (Lipinski definition) is 4. The van der Waals surface area contributed by atoms with Crippen LogP contribution in [0.4, 0.5) is 10.5 Å². The number of rotatable bonds is 6. The summed E-state index contributed by atoms with van der Waals surface area (Å²) in [7, 11) is 1.44. The van der Waals surface area contributed by atoms with Crippen LogP contribution in [0.1, 0.15) is 6.42 Å². The first-order valence-electron chi connectivity index (χ1n) is 5.72. The normalized spacial score (nSPS) is 11.6. The fraction of sp³-hybridized carbons (Fsp3) is 0.333. The van der Waals surface area contributed by atoms with Gasteiger partial charge >= 0.3 is 12.0 Å². The number of benzene rings is 1. The Kier molecular flexibility index (Phi) is 6.08. The third-order valence-electron chi connectivity index (χ3n) is 2.43. The van der Waals surface area contributed by atoms with Gasteiger partial charge in [0, 0.05) is 24.8 Å². The van der Waals surface area contributed by atoms with Crippen LogP contribution in [0.15, 0.2) is 18.2 Å². The Hall–Kier alpha value is -1.99. The second kappa shape index (κ2) is 7.56. The van der Waals surface area contributed by atoms with Crippen LogP contribution < -0.4 is 15.4 Å². The highest BCUT2D eigenvalue weighted by Crippen LogP contribution is 2.27.